The van der Waals surface area contributed by atoms with E-state index in [0.717, 1.165) is 43.4 Å². The monoisotopic (exact) mass is 311 g/mol. The van der Waals surface area contributed by atoms with E-state index in [1.54, 1.807) is 0 Å². The molecule has 0 radical (unpaired) electrons. The third-order valence-electron chi connectivity index (χ3n) is 4.09. The minimum atomic E-state index is -0.291. The van der Waals surface area contributed by atoms with Crippen molar-refractivity contribution in [3.63, 3.8) is 0 Å². The molecule has 0 aliphatic heterocycles. The van der Waals surface area contributed by atoms with Crippen molar-refractivity contribution in [2.45, 2.75) is 53.9 Å². The first-order valence-corrected chi connectivity index (χ1v) is 8.49. The third-order valence-corrected chi connectivity index (χ3v) is 4.09. The molecule has 0 saturated carbocycles. The Balaban J connectivity index is 4.39. The fraction of sp³-hybridized carbons (Fsp3) is 0.842. The van der Waals surface area contributed by atoms with Crippen LogP contribution in [-0.4, -0.2) is 56.1 Å². The van der Waals surface area contributed by atoms with Gasteiger partial charge in [0.05, 0.1) is 27.2 Å². The molecule has 0 aromatic rings. The Morgan fingerprint density at radius 3 is 2.14 bits per heavy atom. The third kappa shape index (κ3) is 8.57. The summed E-state index contributed by atoms with van der Waals surface area (Å²) in [6, 6.07) is 0. The largest absolute Gasteiger partial charge is 0.345 e. The topological polar surface area (TPSA) is 20.3 Å². The molecule has 0 aromatic heterocycles. The van der Waals surface area contributed by atoms with Gasteiger partial charge in [0.15, 0.2) is 0 Å². The maximum absolute atomic E-state index is 12.7. The highest BCUT2D eigenvalue weighted by atomic mass is 16.2. The highest BCUT2D eigenvalue weighted by Gasteiger charge is 2.34. The van der Waals surface area contributed by atoms with Crippen LogP contribution in [0.2, 0.25) is 0 Å². The molecule has 0 fully saturated rings. The summed E-state index contributed by atoms with van der Waals surface area (Å²) >= 11 is 0. The molecule has 0 bridgehead atoms. The summed E-state index contributed by atoms with van der Waals surface area (Å²) in [4.78, 5) is 14.6. The van der Waals surface area contributed by atoms with E-state index in [9.17, 15) is 4.79 Å². The highest BCUT2D eigenvalue weighted by molar-refractivity contribution is 5.81. The lowest BCUT2D eigenvalue weighted by Crippen LogP contribution is -2.44. The first kappa shape index (κ1) is 21.2. The van der Waals surface area contributed by atoms with Gasteiger partial charge in [-0.3, -0.25) is 4.79 Å². The summed E-state index contributed by atoms with van der Waals surface area (Å²) in [7, 11) is 6.43. The molecule has 3 heteroatoms. The van der Waals surface area contributed by atoms with Gasteiger partial charge >= 0.3 is 0 Å². The fourth-order valence-corrected chi connectivity index (χ4v) is 3.31. The van der Waals surface area contributed by atoms with Crippen LogP contribution in [-0.2, 0) is 4.79 Å². The van der Waals surface area contributed by atoms with Crippen LogP contribution in [0.1, 0.15) is 53.9 Å². The second kappa shape index (κ2) is 8.14. The van der Waals surface area contributed by atoms with Crippen LogP contribution in [0.15, 0.2) is 12.7 Å². The number of quaternary nitrogens is 1. The number of nitrogens with zero attached hydrogens (tertiary/aromatic N) is 2. The van der Waals surface area contributed by atoms with Crippen molar-refractivity contribution in [3.8, 4) is 0 Å². The Bertz CT molecular complexity index is 364. The van der Waals surface area contributed by atoms with E-state index in [1.807, 2.05) is 18.0 Å². The number of hydrogen-bond donors (Lipinski definition) is 0. The average molecular weight is 312 g/mol. The molecule has 0 atom stereocenters. The highest BCUT2D eigenvalue weighted by Crippen LogP contribution is 2.34. The van der Waals surface area contributed by atoms with Crippen LogP contribution in [0.3, 0.4) is 0 Å². The number of carbonyl (C=O) groups excluding carboxylic acids is 1. The summed E-state index contributed by atoms with van der Waals surface area (Å²) in [6.45, 7) is 17.5. The molecule has 0 spiro atoms. The molecule has 0 rings (SSSR count). The van der Waals surface area contributed by atoms with Gasteiger partial charge in [0.25, 0.3) is 0 Å². The Labute approximate surface area is 139 Å². The number of carbonyl (C=O) groups is 1. The summed E-state index contributed by atoms with van der Waals surface area (Å²) in [5.41, 5.74) is -0.121. The molecule has 0 saturated heterocycles. The lowest BCUT2D eigenvalue weighted by Gasteiger charge is -2.35. The lowest BCUT2D eigenvalue weighted by atomic mass is 9.75. The van der Waals surface area contributed by atoms with Gasteiger partial charge < -0.3 is 9.38 Å². The van der Waals surface area contributed by atoms with Gasteiger partial charge in [-0.2, -0.15) is 0 Å². The molecule has 0 aromatic carbocycles. The average Bonchev–Trinajstić information content (AvgIpc) is 2.32. The van der Waals surface area contributed by atoms with E-state index in [1.165, 1.54) is 0 Å². The molecule has 0 unspecified atom stereocenters. The van der Waals surface area contributed by atoms with Crippen LogP contribution in [0, 0.1) is 10.8 Å². The van der Waals surface area contributed by atoms with E-state index < -0.39 is 0 Å². The Hall–Kier alpha value is -0.830. The van der Waals surface area contributed by atoms with Crippen LogP contribution in [0.25, 0.3) is 0 Å². The van der Waals surface area contributed by atoms with Gasteiger partial charge in [-0.15, -0.1) is 6.58 Å². The zero-order valence-electron chi connectivity index (χ0n) is 16.3. The normalized spacial score (nSPS) is 13.1. The van der Waals surface area contributed by atoms with Gasteiger partial charge in [0, 0.05) is 31.8 Å². The van der Waals surface area contributed by atoms with Gasteiger partial charge in [0.2, 0.25) is 5.91 Å². The second-order valence-corrected chi connectivity index (χ2v) is 9.16. The van der Waals surface area contributed by atoms with Gasteiger partial charge in [-0.25, -0.2) is 0 Å². The van der Waals surface area contributed by atoms with Crippen molar-refractivity contribution >= 4 is 5.91 Å². The van der Waals surface area contributed by atoms with E-state index >= 15 is 0 Å². The van der Waals surface area contributed by atoms with E-state index in [2.05, 4.69) is 55.3 Å². The smallest absolute Gasteiger partial charge is 0.227 e. The summed E-state index contributed by atoms with van der Waals surface area (Å²) in [5, 5.41) is 0. The molecule has 0 aliphatic rings. The summed E-state index contributed by atoms with van der Waals surface area (Å²) in [5.74, 6) is 0.263. The van der Waals surface area contributed by atoms with Crippen LogP contribution >= 0.6 is 0 Å². The quantitative estimate of drug-likeness (QED) is 0.466. The standard InChI is InChI=1S/C19H39N2O/c1-10-11-14-21(8,9)15-12-13-20(7)17(22)19(5,6)16-18(2,3)4/h10H,1,11-16H2,2-9H3/q+1. The SMILES string of the molecule is C=CCC[N+](C)(C)CCCN(C)C(=O)C(C)(C)CC(C)(C)C. The number of hydrogen-bond acceptors (Lipinski definition) is 1. The van der Waals surface area contributed by atoms with Crippen molar-refractivity contribution in [1.82, 2.24) is 4.90 Å². The molecular formula is C19H39N2O+. The van der Waals surface area contributed by atoms with Crippen molar-refractivity contribution in [3.05, 3.63) is 12.7 Å². The zero-order chi connectivity index (χ0) is 17.6. The Kier molecular flexibility index (Phi) is 7.84. The molecule has 3 nitrogen and oxygen atoms in total. The number of amides is 1. The van der Waals surface area contributed by atoms with E-state index in [0.29, 0.717) is 0 Å². The second-order valence-electron chi connectivity index (χ2n) is 9.16. The van der Waals surface area contributed by atoms with Crippen molar-refractivity contribution in [2.24, 2.45) is 10.8 Å². The van der Waals surface area contributed by atoms with Crippen LogP contribution in [0.4, 0.5) is 0 Å². The summed E-state index contributed by atoms with van der Waals surface area (Å²) in [6.07, 6.45) is 4.97. The molecule has 0 N–H and O–H groups in total. The molecule has 0 aliphatic carbocycles. The predicted octanol–water partition coefficient (Wildman–Crippen LogP) is 3.95. The molecule has 22 heavy (non-hydrogen) atoms. The van der Waals surface area contributed by atoms with Gasteiger partial charge in [-0.1, -0.05) is 40.7 Å². The lowest BCUT2D eigenvalue weighted by molar-refractivity contribution is -0.890. The van der Waals surface area contributed by atoms with Crippen molar-refractivity contribution < 1.29 is 9.28 Å². The Morgan fingerprint density at radius 2 is 1.68 bits per heavy atom. The fourth-order valence-electron chi connectivity index (χ4n) is 3.31. The maximum atomic E-state index is 12.7. The Morgan fingerprint density at radius 1 is 1.14 bits per heavy atom. The van der Waals surface area contributed by atoms with Crippen molar-refractivity contribution in [1.29, 1.82) is 0 Å². The minimum absolute atomic E-state index is 0.170. The molecular weight excluding hydrogens is 272 g/mol. The minimum Gasteiger partial charge on any atom is -0.345 e. The van der Waals surface area contributed by atoms with E-state index in [-0.39, 0.29) is 16.7 Å². The van der Waals surface area contributed by atoms with Crippen LogP contribution < -0.4 is 0 Å². The van der Waals surface area contributed by atoms with E-state index in [4.69, 9.17) is 0 Å². The molecule has 1 amide bonds. The first-order chi connectivity index (χ1) is 9.81. The first-order valence-electron chi connectivity index (χ1n) is 8.49. The van der Waals surface area contributed by atoms with Crippen molar-refractivity contribution in [2.75, 3.05) is 40.8 Å². The number of rotatable bonds is 9. The van der Waals surface area contributed by atoms with Gasteiger partial charge in [0.1, 0.15) is 0 Å². The van der Waals surface area contributed by atoms with Crippen LogP contribution in [0.5, 0.6) is 0 Å². The maximum Gasteiger partial charge on any atom is 0.227 e. The summed E-state index contributed by atoms with van der Waals surface area (Å²) < 4.78 is 0.986. The predicted molar refractivity (Wildman–Crippen MR) is 96.8 cm³/mol. The molecule has 130 valence electrons. The molecule has 0 heterocycles. The van der Waals surface area contributed by atoms with Gasteiger partial charge in [-0.05, 0) is 11.8 Å². The zero-order valence-corrected chi connectivity index (χ0v) is 16.3.